The van der Waals surface area contributed by atoms with Gasteiger partial charge in [-0.25, -0.2) is 65.8 Å². The second-order valence-corrected chi connectivity index (χ2v) is 23.5. The first-order valence-corrected chi connectivity index (χ1v) is 26.6. The fraction of sp³-hybridized carbons (Fsp3) is 0.509. The molecule has 10 rings (SSSR count). The second kappa shape index (κ2) is 21.8. The van der Waals surface area contributed by atoms with Gasteiger partial charge in [0.25, 0.3) is 12.9 Å². The molecule has 0 unspecified atom stereocenters. The number of piperidine rings is 1. The Balaban J connectivity index is 0.000000192. The molecule has 79 heavy (non-hydrogen) atoms. The monoisotopic (exact) mass is 1100 g/mol. The molecule has 0 radical (unpaired) electrons. The molecule has 6 aromatic rings. The first kappa shape index (κ1) is 56.5. The van der Waals surface area contributed by atoms with E-state index in [0.29, 0.717) is 71.3 Å². The Hall–Kier alpha value is -7.26. The Labute approximate surface area is 455 Å². The zero-order chi connectivity index (χ0) is 56.9. The van der Waals surface area contributed by atoms with Crippen LogP contribution in [0.15, 0.2) is 60.9 Å². The number of carbonyl (C=O) groups is 2. The van der Waals surface area contributed by atoms with E-state index < -0.39 is 58.9 Å². The number of hydrogen-bond donors (Lipinski definition) is 2. The minimum absolute atomic E-state index is 0.000154. The zero-order valence-electron chi connectivity index (χ0n) is 46.2. The highest BCUT2D eigenvalue weighted by Crippen LogP contribution is 2.45. The van der Waals surface area contributed by atoms with E-state index in [1.807, 2.05) is 53.7 Å². The van der Waals surface area contributed by atoms with Crippen LogP contribution in [0.1, 0.15) is 133 Å². The molecule has 2 atom stereocenters. The van der Waals surface area contributed by atoms with Crippen molar-refractivity contribution in [3.05, 3.63) is 106 Å². The van der Waals surface area contributed by atoms with Crippen molar-refractivity contribution in [2.24, 2.45) is 10.8 Å². The molecular formula is C57H68F6N12O4. The molecule has 2 N–H and O–H groups in total. The molecule has 2 spiro atoms. The summed E-state index contributed by atoms with van der Waals surface area (Å²) in [6.45, 7) is 23.9. The van der Waals surface area contributed by atoms with Gasteiger partial charge in [0.2, 0.25) is 0 Å². The van der Waals surface area contributed by atoms with E-state index in [4.69, 9.17) is 9.47 Å². The number of aromatic nitrogens is 6. The summed E-state index contributed by atoms with van der Waals surface area (Å²) in [5.74, 6) is 1.67. The lowest BCUT2D eigenvalue weighted by Crippen LogP contribution is -2.61. The fourth-order valence-corrected chi connectivity index (χ4v) is 10.9. The summed E-state index contributed by atoms with van der Waals surface area (Å²) in [5, 5.41) is 7.83. The van der Waals surface area contributed by atoms with Gasteiger partial charge >= 0.3 is 12.2 Å². The van der Waals surface area contributed by atoms with Crippen LogP contribution in [0, 0.1) is 36.3 Å². The average Bonchev–Trinajstić information content (AvgIpc) is 3.98. The Morgan fingerprint density at radius 3 is 1.42 bits per heavy atom. The molecule has 4 aliphatic rings. The fourth-order valence-electron chi connectivity index (χ4n) is 10.9. The Kier molecular flexibility index (Phi) is 15.6. The Morgan fingerprint density at radius 2 is 0.975 bits per heavy atom. The SMILES string of the molecule is Cc1nc(N[C@H](C)c2cccc(C(F)F)c2F)c2cc(N3CC4(CCN(C(=O)OC(C)(C)C)CC4)C3)ncc2n1.Cc1nc(N[C@H](C)c2cccc(C(F)F)c2F)c2cc(N3CCC4(CN(C(=O)OC(C)(C)C)C4)C3)ncc2n1. The molecule has 4 aromatic heterocycles. The summed E-state index contributed by atoms with van der Waals surface area (Å²) in [6, 6.07) is 10.6. The number of carbonyl (C=O) groups excluding carboxylic acids is 2. The van der Waals surface area contributed by atoms with Gasteiger partial charge in [-0.05, 0) is 101 Å². The molecule has 4 aliphatic heterocycles. The number of likely N-dealkylation sites (tertiary alicyclic amines) is 2. The van der Waals surface area contributed by atoms with Gasteiger partial charge in [0.05, 0.1) is 46.6 Å². The number of amides is 2. The lowest BCUT2D eigenvalue weighted by molar-refractivity contribution is -0.0266. The predicted molar refractivity (Wildman–Crippen MR) is 290 cm³/mol. The van der Waals surface area contributed by atoms with Gasteiger partial charge in [-0.15, -0.1) is 0 Å². The number of anilines is 4. The maximum atomic E-state index is 14.8. The molecule has 22 heteroatoms. The van der Waals surface area contributed by atoms with Crippen molar-refractivity contribution in [2.75, 3.05) is 72.8 Å². The summed E-state index contributed by atoms with van der Waals surface area (Å²) >= 11 is 0. The van der Waals surface area contributed by atoms with Crippen LogP contribution < -0.4 is 20.4 Å². The van der Waals surface area contributed by atoms with Gasteiger partial charge in [-0.3, -0.25) is 0 Å². The number of pyridine rings is 2. The molecule has 2 aromatic carbocycles. The summed E-state index contributed by atoms with van der Waals surface area (Å²) in [5.41, 5.74) is -0.638. The second-order valence-electron chi connectivity index (χ2n) is 23.5. The van der Waals surface area contributed by atoms with Crippen LogP contribution in [0.3, 0.4) is 0 Å². The first-order valence-electron chi connectivity index (χ1n) is 26.6. The van der Waals surface area contributed by atoms with E-state index in [-0.39, 0.29) is 34.1 Å². The number of ether oxygens (including phenoxy) is 2. The number of fused-ring (bicyclic) bond motifs is 2. The molecule has 4 fully saturated rings. The number of alkyl halides is 4. The Morgan fingerprint density at radius 1 is 0.570 bits per heavy atom. The van der Waals surface area contributed by atoms with Crippen LogP contribution >= 0.6 is 0 Å². The van der Waals surface area contributed by atoms with Crippen molar-refractivity contribution in [1.82, 2.24) is 39.7 Å². The number of aryl methyl sites for hydroxylation is 2. The van der Waals surface area contributed by atoms with Crippen molar-refractivity contribution in [1.29, 1.82) is 0 Å². The first-order chi connectivity index (χ1) is 37.2. The summed E-state index contributed by atoms with van der Waals surface area (Å²) in [4.78, 5) is 60.1. The summed E-state index contributed by atoms with van der Waals surface area (Å²) in [7, 11) is 0. The molecular weight excluding hydrogens is 1030 g/mol. The highest BCUT2D eigenvalue weighted by atomic mass is 19.3. The number of nitrogens with zero attached hydrogens (tertiary/aromatic N) is 10. The van der Waals surface area contributed by atoms with E-state index in [1.165, 1.54) is 24.3 Å². The topological polar surface area (TPSA) is 167 Å². The van der Waals surface area contributed by atoms with Crippen molar-refractivity contribution >= 4 is 57.3 Å². The van der Waals surface area contributed by atoms with Crippen molar-refractivity contribution in [3.63, 3.8) is 0 Å². The highest BCUT2D eigenvalue weighted by molar-refractivity contribution is 5.92. The highest BCUT2D eigenvalue weighted by Gasteiger charge is 2.51. The van der Waals surface area contributed by atoms with E-state index in [1.54, 1.807) is 49.9 Å². The van der Waals surface area contributed by atoms with Crippen LogP contribution in [0.4, 0.5) is 59.2 Å². The molecule has 0 saturated carbocycles. The number of hydrogen-bond acceptors (Lipinski definition) is 14. The van der Waals surface area contributed by atoms with E-state index in [2.05, 4.69) is 50.3 Å². The van der Waals surface area contributed by atoms with Gasteiger partial charge < -0.3 is 39.7 Å². The Bertz CT molecular complexity index is 3240. The minimum Gasteiger partial charge on any atom is -0.444 e. The molecule has 16 nitrogen and oxygen atoms in total. The van der Waals surface area contributed by atoms with Crippen molar-refractivity contribution < 1.29 is 45.4 Å². The van der Waals surface area contributed by atoms with Gasteiger partial charge in [-0.2, -0.15) is 0 Å². The average molecular weight is 1100 g/mol. The van der Waals surface area contributed by atoms with E-state index in [0.717, 1.165) is 69.2 Å². The number of benzene rings is 2. The third-order valence-corrected chi connectivity index (χ3v) is 14.9. The number of nitrogens with one attached hydrogen (secondary N) is 2. The van der Waals surface area contributed by atoms with Crippen molar-refractivity contribution in [3.8, 4) is 0 Å². The lowest BCUT2D eigenvalue weighted by atomic mass is 9.72. The molecule has 0 bridgehead atoms. The van der Waals surface area contributed by atoms with Crippen LogP contribution in [0.2, 0.25) is 0 Å². The van der Waals surface area contributed by atoms with Gasteiger partial charge in [0.1, 0.15) is 57.8 Å². The molecule has 2 amide bonds. The molecule has 4 saturated heterocycles. The zero-order valence-corrected chi connectivity index (χ0v) is 46.2. The van der Waals surface area contributed by atoms with E-state index >= 15 is 0 Å². The largest absolute Gasteiger partial charge is 0.444 e. The van der Waals surface area contributed by atoms with Crippen molar-refractivity contribution in [2.45, 2.75) is 125 Å². The van der Waals surface area contributed by atoms with Crippen LogP contribution in [-0.4, -0.2) is 115 Å². The minimum atomic E-state index is -2.90. The smallest absolute Gasteiger partial charge is 0.410 e. The molecule has 422 valence electrons. The van der Waals surface area contributed by atoms with Crippen LogP contribution in [-0.2, 0) is 9.47 Å². The van der Waals surface area contributed by atoms with Gasteiger partial charge in [-0.1, -0.05) is 36.4 Å². The molecule has 0 aliphatic carbocycles. The third-order valence-electron chi connectivity index (χ3n) is 14.9. The maximum absolute atomic E-state index is 14.8. The molecule has 8 heterocycles. The summed E-state index contributed by atoms with van der Waals surface area (Å²) < 4.78 is 93.6. The third kappa shape index (κ3) is 12.5. The summed E-state index contributed by atoms with van der Waals surface area (Å²) in [6.07, 6.45) is -0.245. The number of halogens is 6. The van der Waals surface area contributed by atoms with Gasteiger partial charge in [0.15, 0.2) is 0 Å². The maximum Gasteiger partial charge on any atom is 0.410 e. The predicted octanol–water partition coefficient (Wildman–Crippen LogP) is 12.5. The van der Waals surface area contributed by atoms with E-state index in [9.17, 15) is 35.9 Å². The van der Waals surface area contributed by atoms with Crippen LogP contribution in [0.25, 0.3) is 21.8 Å². The number of rotatable bonds is 10. The normalized spacial score (nSPS) is 17.6. The quantitative estimate of drug-likeness (QED) is 0.124. The van der Waals surface area contributed by atoms with Gasteiger partial charge in [0, 0.05) is 85.1 Å². The van der Waals surface area contributed by atoms with Crippen LogP contribution in [0.5, 0.6) is 0 Å². The standard InChI is InChI=1S/C29H35F3N6O2.C28H33F3N6O2/c1-17(19-7-6-8-20(24(19)30)25(31)32)34-26-21-13-23(33-14-22(21)35-18(2)36-26)38-15-29(16-38)9-11-37(12-10-29)27(39)40-28(3,4)5;1-16(18-7-6-8-19(23(18)29)24(30)31)33-25-20-11-22(32-12-21(20)34-17(2)35-25)36-10-9-28(13-36)14-37(15-28)26(38)39-27(3,4)5/h6-8,13-14,17,25H,9-12,15-16H2,1-5H3,(H,34,35,36);6-8,11-12,16,24H,9-10,13-15H2,1-5H3,(H,33,34,35)/t17-;16-/m11/s1. The lowest BCUT2D eigenvalue weighted by Gasteiger charge is -2.54.